The fraction of sp³-hybridized carbons (Fsp3) is 0.348. The zero-order valence-corrected chi connectivity index (χ0v) is 17.6. The molecule has 3 aromatic rings. The standard InChI is InChI=1S/C23H21ClF3NO3/c1-13-5-2-3-10-28(13)12-17-18(29)9-8-16-20(30)19(14-6-4-7-15(24)11-14)22(23(25,26)27)31-21(16)17/h4,6-9,11,13,29H,2-3,5,10,12H2,1H3/t13-/m0/s1. The van der Waals surface area contributed by atoms with E-state index in [2.05, 4.69) is 4.90 Å². The van der Waals surface area contributed by atoms with E-state index in [9.17, 15) is 23.1 Å². The Labute approximate surface area is 181 Å². The van der Waals surface area contributed by atoms with Gasteiger partial charge in [0.1, 0.15) is 11.3 Å². The van der Waals surface area contributed by atoms with Crippen molar-refractivity contribution in [3.8, 4) is 16.9 Å². The lowest BCUT2D eigenvalue weighted by molar-refractivity contribution is -0.152. The number of hydrogen-bond acceptors (Lipinski definition) is 4. The Morgan fingerprint density at radius 2 is 2.00 bits per heavy atom. The van der Waals surface area contributed by atoms with Crippen LogP contribution in [0.5, 0.6) is 5.75 Å². The van der Waals surface area contributed by atoms with Crippen LogP contribution in [0.3, 0.4) is 0 Å². The van der Waals surface area contributed by atoms with E-state index in [0.717, 1.165) is 25.8 Å². The molecule has 0 spiro atoms. The second-order valence-electron chi connectivity index (χ2n) is 7.90. The summed E-state index contributed by atoms with van der Waals surface area (Å²) in [6.07, 6.45) is -1.91. The summed E-state index contributed by atoms with van der Waals surface area (Å²) in [5, 5.41) is 10.6. The monoisotopic (exact) mass is 451 g/mol. The van der Waals surface area contributed by atoms with Crippen LogP contribution in [0.2, 0.25) is 5.02 Å². The molecule has 1 aliphatic rings. The van der Waals surface area contributed by atoms with Gasteiger partial charge in [-0.05, 0) is 56.1 Å². The van der Waals surface area contributed by atoms with Crippen LogP contribution in [0.15, 0.2) is 45.6 Å². The summed E-state index contributed by atoms with van der Waals surface area (Å²) in [7, 11) is 0. The number of benzene rings is 2. The maximum atomic E-state index is 14.0. The van der Waals surface area contributed by atoms with Crippen molar-refractivity contribution < 1.29 is 22.7 Å². The molecule has 0 radical (unpaired) electrons. The largest absolute Gasteiger partial charge is 0.507 e. The van der Waals surface area contributed by atoms with E-state index in [1.54, 1.807) is 0 Å². The number of likely N-dealkylation sites (tertiary alicyclic amines) is 1. The highest BCUT2D eigenvalue weighted by atomic mass is 35.5. The second kappa shape index (κ2) is 8.20. The van der Waals surface area contributed by atoms with Gasteiger partial charge >= 0.3 is 6.18 Å². The number of fused-ring (bicyclic) bond motifs is 1. The molecule has 4 nitrogen and oxygen atoms in total. The van der Waals surface area contributed by atoms with Crippen molar-refractivity contribution in [1.82, 2.24) is 4.90 Å². The molecule has 1 fully saturated rings. The molecule has 0 unspecified atom stereocenters. The minimum atomic E-state index is -4.91. The molecule has 1 aromatic heterocycles. The first-order valence-corrected chi connectivity index (χ1v) is 10.4. The van der Waals surface area contributed by atoms with E-state index in [1.165, 1.54) is 36.4 Å². The molecule has 1 atom stereocenters. The minimum absolute atomic E-state index is 0.0135. The molecule has 0 aliphatic carbocycles. The van der Waals surface area contributed by atoms with Gasteiger partial charge in [0.25, 0.3) is 0 Å². The molecule has 2 aromatic carbocycles. The van der Waals surface area contributed by atoms with Crippen LogP contribution in [0, 0.1) is 0 Å². The number of nitrogens with zero attached hydrogens (tertiary/aromatic N) is 1. The molecule has 0 saturated carbocycles. The van der Waals surface area contributed by atoms with E-state index in [1.807, 2.05) is 6.92 Å². The first kappa shape index (κ1) is 21.7. The molecule has 0 bridgehead atoms. The van der Waals surface area contributed by atoms with Crippen LogP contribution >= 0.6 is 11.6 Å². The quantitative estimate of drug-likeness (QED) is 0.514. The lowest BCUT2D eigenvalue weighted by Gasteiger charge is -2.33. The average Bonchev–Trinajstić information content (AvgIpc) is 2.70. The zero-order chi connectivity index (χ0) is 22.3. The predicted octanol–water partition coefficient (Wildman–Crippen LogP) is 6.21. The van der Waals surface area contributed by atoms with E-state index < -0.39 is 22.9 Å². The number of piperidine rings is 1. The summed E-state index contributed by atoms with van der Waals surface area (Å²) >= 11 is 5.95. The van der Waals surface area contributed by atoms with Gasteiger partial charge in [-0.25, -0.2) is 0 Å². The first-order valence-electron chi connectivity index (χ1n) is 10.1. The highest BCUT2D eigenvalue weighted by Crippen LogP contribution is 2.40. The van der Waals surface area contributed by atoms with Gasteiger partial charge in [-0.2, -0.15) is 13.2 Å². The van der Waals surface area contributed by atoms with Gasteiger partial charge in [-0.1, -0.05) is 30.2 Å². The highest BCUT2D eigenvalue weighted by Gasteiger charge is 2.40. The molecule has 2 heterocycles. The number of rotatable bonds is 3. The number of aromatic hydroxyl groups is 1. The van der Waals surface area contributed by atoms with Crippen molar-refractivity contribution in [2.24, 2.45) is 0 Å². The molecule has 4 rings (SSSR count). The molecular formula is C23H21ClF3NO3. The molecular weight excluding hydrogens is 431 g/mol. The zero-order valence-electron chi connectivity index (χ0n) is 16.8. The summed E-state index contributed by atoms with van der Waals surface area (Å²) < 4.78 is 47.2. The van der Waals surface area contributed by atoms with Crippen LogP contribution in [0.4, 0.5) is 13.2 Å². The molecule has 31 heavy (non-hydrogen) atoms. The smallest absolute Gasteiger partial charge is 0.450 e. The van der Waals surface area contributed by atoms with E-state index in [-0.39, 0.29) is 45.5 Å². The molecule has 1 N–H and O–H groups in total. The summed E-state index contributed by atoms with van der Waals surface area (Å²) in [6.45, 7) is 2.99. The fourth-order valence-corrected chi connectivity index (χ4v) is 4.35. The van der Waals surface area contributed by atoms with Crippen LogP contribution in [-0.4, -0.2) is 22.6 Å². The third-order valence-corrected chi connectivity index (χ3v) is 6.05. The number of phenols is 1. The van der Waals surface area contributed by atoms with Crippen LogP contribution in [0.1, 0.15) is 37.5 Å². The second-order valence-corrected chi connectivity index (χ2v) is 8.34. The van der Waals surface area contributed by atoms with Gasteiger partial charge in [0.15, 0.2) is 0 Å². The maximum absolute atomic E-state index is 14.0. The summed E-state index contributed by atoms with van der Waals surface area (Å²) in [5.41, 5.74) is -1.43. The fourth-order valence-electron chi connectivity index (χ4n) is 4.16. The number of alkyl halides is 3. The van der Waals surface area contributed by atoms with E-state index in [0.29, 0.717) is 0 Å². The van der Waals surface area contributed by atoms with Crippen molar-refractivity contribution >= 4 is 22.6 Å². The Kier molecular flexibility index (Phi) is 5.75. The van der Waals surface area contributed by atoms with E-state index >= 15 is 0 Å². The lowest BCUT2D eigenvalue weighted by Crippen LogP contribution is -2.36. The SMILES string of the molecule is C[C@H]1CCCCN1Cc1c(O)ccc2c(=O)c(-c3cccc(Cl)c3)c(C(F)(F)F)oc12. The lowest BCUT2D eigenvalue weighted by atomic mass is 9.99. The Morgan fingerprint density at radius 1 is 1.23 bits per heavy atom. The van der Waals surface area contributed by atoms with Gasteiger partial charge in [0.05, 0.1) is 16.5 Å². The van der Waals surface area contributed by atoms with Gasteiger partial charge in [-0.3, -0.25) is 9.69 Å². The summed E-state index contributed by atoms with van der Waals surface area (Å²) in [4.78, 5) is 15.3. The Bertz CT molecular complexity index is 1190. The van der Waals surface area contributed by atoms with Gasteiger partial charge in [0.2, 0.25) is 11.2 Å². The number of halogens is 4. The Balaban J connectivity index is 1.97. The number of phenolic OH excluding ortho intramolecular Hbond substituents is 1. The summed E-state index contributed by atoms with van der Waals surface area (Å²) in [6, 6.07) is 8.51. The van der Waals surface area contributed by atoms with Crippen LogP contribution in [0.25, 0.3) is 22.1 Å². The Morgan fingerprint density at radius 3 is 2.68 bits per heavy atom. The highest BCUT2D eigenvalue weighted by molar-refractivity contribution is 6.30. The topological polar surface area (TPSA) is 53.7 Å². The van der Waals surface area contributed by atoms with Crippen molar-refractivity contribution in [3.05, 3.63) is 63.0 Å². The summed E-state index contributed by atoms with van der Waals surface area (Å²) in [5.74, 6) is -1.59. The van der Waals surface area contributed by atoms with E-state index in [4.69, 9.17) is 16.0 Å². The molecule has 1 saturated heterocycles. The van der Waals surface area contributed by atoms with Crippen LogP contribution in [-0.2, 0) is 12.7 Å². The Hall–Kier alpha value is -2.51. The third kappa shape index (κ3) is 4.16. The molecule has 0 amide bonds. The van der Waals surface area contributed by atoms with Crippen molar-refractivity contribution in [1.29, 1.82) is 0 Å². The molecule has 8 heteroatoms. The van der Waals surface area contributed by atoms with Crippen molar-refractivity contribution in [2.75, 3.05) is 6.54 Å². The van der Waals surface area contributed by atoms with Gasteiger partial charge in [0, 0.05) is 17.6 Å². The van der Waals surface area contributed by atoms with Crippen LogP contribution < -0.4 is 5.43 Å². The molecule has 1 aliphatic heterocycles. The molecule has 164 valence electrons. The van der Waals surface area contributed by atoms with Crippen molar-refractivity contribution in [3.63, 3.8) is 0 Å². The normalized spacial score (nSPS) is 17.9. The first-order chi connectivity index (χ1) is 14.7. The van der Waals surface area contributed by atoms with Gasteiger partial charge in [-0.15, -0.1) is 0 Å². The third-order valence-electron chi connectivity index (χ3n) is 5.81. The van der Waals surface area contributed by atoms with Crippen molar-refractivity contribution in [2.45, 2.75) is 44.9 Å². The minimum Gasteiger partial charge on any atom is -0.507 e. The predicted molar refractivity (Wildman–Crippen MR) is 113 cm³/mol. The maximum Gasteiger partial charge on any atom is 0.450 e. The number of hydrogen-bond donors (Lipinski definition) is 1. The van der Waals surface area contributed by atoms with Gasteiger partial charge < -0.3 is 9.52 Å². The average molecular weight is 452 g/mol.